The number of aliphatic carboxylic acids is 1. The molecule has 1 heterocycles. The first kappa shape index (κ1) is 24.8. The lowest BCUT2D eigenvalue weighted by Gasteiger charge is -2.18. The molecule has 0 saturated heterocycles. The van der Waals surface area contributed by atoms with Crippen molar-refractivity contribution in [3.8, 4) is 17.0 Å². The Morgan fingerprint density at radius 3 is 2.24 bits per heavy atom. The standard InChI is InChI=1S/C25H23F3N2O4/c1-2-22(34-20-10-5-17(6-11-20)24(33)29-14-13-23(31)32)18-7-12-21(30-15-18)16-3-8-19(9-4-16)25(26,27)28/h3-12,15,22H,2,13-14H2,1H3,(H,29,33)(H,31,32)/t22-/m1/s1. The van der Waals surface area contributed by atoms with Crippen LogP contribution in [-0.4, -0.2) is 28.5 Å². The van der Waals surface area contributed by atoms with Crippen molar-refractivity contribution in [3.05, 3.63) is 83.6 Å². The number of carboxylic acids is 1. The summed E-state index contributed by atoms with van der Waals surface area (Å²) >= 11 is 0. The second kappa shape index (κ2) is 10.8. The summed E-state index contributed by atoms with van der Waals surface area (Å²) in [4.78, 5) is 27.0. The van der Waals surface area contributed by atoms with Crippen LogP contribution in [0.4, 0.5) is 13.2 Å². The molecule has 178 valence electrons. The number of ether oxygens (including phenoxy) is 1. The van der Waals surface area contributed by atoms with Gasteiger partial charge in [0.1, 0.15) is 11.9 Å². The molecular weight excluding hydrogens is 449 g/mol. The number of amides is 1. The molecule has 0 aliphatic carbocycles. The first-order valence-electron chi connectivity index (χ1n) is 10.6. The highest BCUT2D eigenvalue weighted by molar-refractivity contribution is 5.94. The molecule has 0 fully saturated rings. The van der Waals surface area contributed by atoms with Crippen LogP contribution in [0.2, 0.25) is 0 Å². The van der Waals surface area contributed by atoms with Gasteiger partial charge in [-0.15, -0.1) is 0 Å². The van der Waals surface area contributed by atoms with Crippen molar-refractivity contribution in [2.75, 3.05) is 6.54 Å². The number of nitrogens with one attached hydrogen (secondary N) is 1. The maximum Gasteiger partial charge on any atom is 0.416 e. The Morgan fingerprint density at radius 2 is 1.71 bits per heavy atom. The molecule has 3 rings (SSSR count). The van der Waals surface area contributed by atoms with Crippen molar-refractivity contribution in [2.45, 2.75) is 32.0 Å². The molecule has 0 bridgehead atoms. The summed E-state index contributed by atoms with van der Waals surface area (Å²) < 4.78 is 44.3. The number of pyridine rings is 1. The molecule has 0 unspecified atom stereocenters. The second-order valence-corrected chi connectivity index (χ2v) is 7.49. The van der Waals surface area contributed by atoms with E-state index >= 15 is 0 Å². The fourth-order valence-electron chi connectivity index (χ4n) is 3.22. The molecule has 3 aromatic rings. The highest BCUT2D eigenvalue weighted by atomic mass is 19.4. The quantitative estimate of drug-likeness (QED) is 0.429. The zero-order valence-corrected chi connectivity index (χ0v) is 18.3. The van der Waals surface area contributed by atoms with E-state index in [1.165, 1.54) is 12.1 Å². The summed E-state index contributed by atoms with van der Waals surface area (Å²) in [5.74, 6) is -0.819. The van der Waals surface area contributed by atoms with Gasteiger partial charge in [-0.2, -0.15) is 13.2 Å². The van der Waals surface area contributed by atoms with Gasteiger partial charge in [0, 0.05) is 29.4 Å². The number of halogens is 3. The minimum absolute atomic E-state index is 0.0415. The third-order valence-corrected chi connectivity index (χ3v) is 5.06. The smallest absolute Gasteiger partial charge is 0.416 e. The van der Waals surface area contributed by atoms with E-state index in [1.807, 2.05) is 13.0 Å². The molecular formula is C25H23F3N2O4. The topological polar surface area (TPSA) is 88.5 Å². The van der Waals surface area contributed by atoms with Crippen LogP contribution < -0.4 is 10.1 Å². The highest BCUT2D eigenvalue weighted by Crippen LogP contribution is 2.31. The Hall–Kier alpha value is -3.88. The van der Waals surface area contributed by atoms with E-state index in [-0.39, 0.29) is 25.0 Å². The van der Waals surface area contributed by atoms with Gasteiger partial charge < -0.3 is 15.2 Å². The van der Waals surface area contributed by atoms with E-state index in [9.17, 15) is 22.8 Å². The molecule has 0 aliphatic rings. The summed E-state index contributed by atoms with van der Waals surface area (Å²) in [5.41, 5.74) is 1.59. The minimum Gasteiger partial charge on any atom is -0.486 e. The lowest BCUT2D eigenvalue weighted by molar-refractivity contribution is -0.138. The summed E-state index contributed by atoms with van der Waals surface area (Å²) in [5, 5.41) is 11.2. The van der Waals surface area contributed by atoms with E-state index in [0.717, 1.165) is 17.7 Å². The van der Waals surface area contributed by atoms with Crippen LogP contribution in [0.1, 0.15) is 47.4 Å². The van der Waals surface area contributed by atoms with Crippen molar-refractivity contribution in [1.82, 2.24) is 10.3 Å². The summed E-state index contributed by atoms with van der Waals surface area (Å²) in [6.45, 7) is 1.98. The monoisotopic (exact) mass is 472 g/mol. The first-order chi connectivity index (χ1) is 16.2. The van der Waals surface area contributed by atoms with Crippen LogP contribution in [0.3, 0.4) is 0 Å². The molecule has 1 aromatic heterocycles. The van der Waals surface area contributed by atoms with Gasteiger partial charge in [0.2, 0.25) is 0 Å². The maximum absolute atomic E-state index is 12.8. The molecule has 0 aliphatic heterocycles. The van der Waals surface area contributed by atoms with Crippen molar-refractivity contribution in [1.29, 1.82) is 0 Å². The van der Waals surface area contributed by atoms with Crippen molar-refractivity contribution >= 4 is 11.9 Å². The Morgan fingerprint density at radius 1 is 1.03 bits per heavy atom. The number of carbonyl (C=O) groups is 2. The number of rotatable bonds is 9. The Labute approximate surface area is 194 Å². The lowest BCUT2D eigenvalue weighted by Crippen LogP contribution is -2.25. The van der Waals surface area contributed by atoms with Crippen LogP contribution in [0.5, 0.6) is 5.75 Å². The molecule has 0 spiro atoms. The van der Waals surface area contributed by atoms with Gasteiger partial charge in [-0.25, -0.2) is 0 Å². The van der Waals surface area contributed by atoms with Crippen LogP contribution in [0, 0.1) is 0 Å². The molecule has 2 N–H and O–H groups in total. The van der Waals surface area contributed by atoms with Crippen molar-refractivity contribution in [3.63, 3.8) is 0 Å². The van der Waals surface area contributed by atoms with Gasteiger partial charge in [-0.3, -0.25) is 14.6 Å². The number of benzene rings is 2. The van der Waals surface area contributed by atoms with E-state index in [0.29, 0.717) is 29.0 Å². The predicted molar refractivity (Wildman–Crippen MR) is 119 cm³/mol. The third kappa shape index (κ3) is 6.57. The van der Waals surface area contributed by atoms with E-state index in [1.54, 1.807) is 36.5 Å². The van der Waals surface area contributed by atoms with Crippen molar-refractivity contribution < 1.29 is 32.6 Å². The van der Waals surface area contributed by atoms with Gasteiger partial charge in [0.05, 0.1) is 17.7 Å². The molecule has 1 amide bonds. The Balaban J connectivity index is 1.64. The van der Waals surface area contributed by atoms with E-state index < -0.39 is 17.7 Å². The van der Waals surface area contributed by atoms with E-state index in [2.05, 4.69) is 10.3 Å². The number of hydrogen-bond donors (Lipinski definition) is 2. The second-order valence-electron chi connectivity index (χ2n) is 7.49. The fourth-order valence-corrected chi connectivity index (χ4v) is 3.22. The largest absolute Gasteiger partial charge is 0.486 e. The number of alkyl halides is 3. The normalized spacial score (nSPS) is 12.1. The number of nitrogens with zero attached hydrogens (tertiary/aromatic N) is 1. The highest BCUT2D eigenvalue weighted by Gasteiger charge is 2.30. The predicted octanol–water partition coefficient (Wildman–Crippen LogP) is 5.50. The molecule has 0 saturated carbocycles. The lowest BCUT2D eigenvalue weighted by atomic mass is 10.1. The zero-order valence-electron chi connectivity index (χ0n) is 18.3. The van der Waals surface area contributed by atoms with Gasteiger partial charge in [0.15, 0.2) is 0 Å². The zero-order chi connectivity index (χ0) is 24.7. The maximum atomic E-state index is 12.8. The van der Waals surface area contributed by atoms with Crippen LogP contribution in [0.25, 0.3) is 11.3 Å². The molecule has 6 nitrogen and oxygen atoms in total. The Bertz CT molecular complexity index is 1110. The van der Waals surface area contributed by atoms with Crippen LogP contribution in [0.15, 0.2) is 66.9 Å². The minimum atomic E-state index is -4.39. The number of aromatic nitrogens is 1. The average molecular weight is 472 g/mol. The third-order valence-electron chi connectivity index (χ3n) is 5.06. The first-order valence-corrected chi connectivity index (χ1v) is 10.6. The fraction of sp³-hybridized carbons (Fsp3) is 0.240. The summed E-state index contributed by atoms with van der Waals surface area (Å²) in [7, 11) is 0. The molecule has 34 heavy (non-hydrogen) atoms. The van der Waals surface area contributed by atoms with Gasteiger partial charge in [-0.1, -0.05) is 25.1 Å². The number of carbonyl (C=O) groups excluding carboxylic acids is 1. The van der Waals surface area contributed by atoms with Gasteiger partial charge in [-0.05, 0) is 48.9 Å². The average Bonchev–Trinajstić information content (AvgIpc) is 2.82. The van der Waals surface area contributed by atoms with Gasteiger partial charge in [0.25, 0.3) is 5.91 Å². The molecule has 9 heteroatoms. The summed E-state index contributed by atoms with van der Waals surface area (Å²) in [6, 6.07) is 14.9. The molecule has 1 atom stereocenters. The van der Waals surface area contributed by atoms with Crippen LogP contribution >= 0.6 is 0 Å². The number of hydrogen-bond acceptors (Lipinski definition) is 4. The van der Waals surface area contributed by atoms with Gasteiger partial charge >= 0.3 is 12.1 Å². The summed E-state index contributed by atoms with van der Waals surface area (Å²) in [6.07, 6.45) is -2.59. The van der Waals surface area contributed by atoms with E-state index in [4.69, 9.17) is 9.84 Å². The molecule has 2 aromatic carbocycles. The van der Waals surface area contributed by atoms with Crippen LogP contribution in [-0.2, 0) is 11.0 Å². The number of carboxylic acid groups (broad SMARTS) is 1. The SMILES string of the molecule is CC[C@@H](Oc1ccc(C(=O)NCCC(=O)O)cc1)c1ccc(-c2ccc(C(F)(F)F)cc2)nc1. The Kier molecular flexibility index (Phi) is 7.88. The molecule has 0 radical (unpaired) electrons. The van der Waals surface area contributed by atoms with Crippen molar-refractivity contribution in [2.24, 2.45) is 0 Å².